The van der Waals surface area contributed by atoms with E-state index in [1.807, 2.05) is 24.6 Å². The van der Waals surface area contributed by atoms with Gasteiger partial charge in [0.25, 0.3) is 11.8 Å². The molecule has 0 radical (unpaired) electrons. The molecule has 0 unspecified atom stereocenters. The molecule has 1 heterocycles. The van der Waals surface area contributed by atoms with E-state index < -0.39 is 11.9 Å². The lowest BCUT2D eigenvalue weighted by atomic mass is 9.97. The number of amides is 3. The number of nitrogens with one attached hydrogen (secondary N) is 3. The van der Waals surface area contributed by atoms with Crippen LogP contribution >= 0.6 is 0 Å². The molecule has 0 aliphatic heterocycles. The van der Waals surface area contributed by atoms with Gasteiger partial charge in [-0.1, -0.05) is 32.4 Å². The Bertz CT molecular complexity index is 1150. The standard InChI is InChI=1S/C27H33N5O4/c1-4-19(2)24(27(35)29-14-7-16-32-17-15-28-18-32)31-26(34)22-8-5-6-9-23(22)30-25(33)20-10-12-21(36-3)13-11-20/h5-6,8-13,15,17-19,24H,4,7,14,16H2,1-3H3,(H,29,35)(H,30,33)(H,31,34)/t19-,24-/m1/s1. The van der Waals surface area contributed by atoms with Crippen molar-refractivity contribution in [1.82, 2.24) is 20.2 Å². The van der Waals surface area contributed by atoms with Crippen molar-refractivity contribution < 1.29 is 19.1 Å². The van der Waals surface area contributed by atoms with Gasteiger partial charge >= 0.3 is 0 Å². The Morgan fingerprint density at radius 1 is 1.06 bits per heavy atom. The Morgan fingerprint density at radius 2 is 1.81 bits per heavy atom. The first-order valence-electron chi connectivity index (χ1n) is 12.0. The van der Waals surface area contributed by atoms with Gasteiger partial charge < -0.3 is 25.3 Å². The Kier molecular flexibility index (Phi) is 9.62. The van der Waals surface area contributed by atoms with Gasteiger partial charge in [0.05, 0.1) is 24.7 Å². The van der Waals surface area contributed by atoms with Gasteiger partial charge in [-0.3, -0.25) is 14.4 Å². The van der Waals surface area contributed by atoms with E-state index in [0.717, 1.165) is 13.0 Å². The van der Waals surface area contributed by atoms with Gasteiger partial charge in [-0.25, -0.2) is 4.98 Å². The number of benzene rings is 2. The number of rotatable bonds is 12. The molecule has 0 aliphatic carbocycles. The summed E-state index contributed by atoms with van der Waals surface area (Å²) >= 11 is 0. The summed E-state index contributed by atoms with van der Waals surface area (Å²) < 4.78 is 7.07. The van der Waals surface area contributed by atoms with Gasteiger partial charge in [0.15, 0.2) is 0 Å². The number of nitrogens with zero attached hydrogens (tertiary/aromatic N) is 2. The van der Waals surface area contributed by atoms with Gasteiger partial charge in [-0.05, 0) is 48.7 Å². The molecule has 2 aromatic carbocycles. The van der Waals surface area contributed by atoms with E-state index in [-0.39, 0.29) is 23.3 Å². The number of hydrogen-bond donors (Lipinski definition) is 3. The number of carbonyl (C=O) groups is 3. The maximum atomic E-state index is 13.2. The van der Waals surface area contributed by atoms with Crippen LogP contribution in [0.15, 0.2) is 67.3 Å². The maximum absolute atomic E-state index is 13.2. The number of anilines is 1. The second-order valence-electron chi connectivity index (χ2n) is 8.51. The van der Waals surface area contributed by atoms with E-state index in [0.29, 0.717) is 30.0 Å². The van der Waals surface area contributed by atoms with Crippen LogP contribution in [-0.4, -0.2) is 47.0 Å². The zero-order chi connectivity index (χ0) is 25.9. The van der Waals surface area contributed by atoms with Gasteiger partial charge in [0, 0.05) is 31.0 Å². The van der Waals surface area contributed by atoms with E-state index in [4.69, 9.17) is 4.74 Å². The number of methoxy groups -OCH3 is 1. The Hall–Kier alpha value is -4.14. The minimum atomic E-state index is -0.707. The van der Waals surface area contributed by atoms with E-state index in [9.17, 15) is 14.4 Å². The van der Waals surface area contributed by atoms with Gasteiger partial charge in [-0.2, -0.15) is 0 Å². The SMILES string of the molecule is CC[C@@H](C)[C@@H](NC(=O)c1ccccc1NC(=O)c1ccc(OC)cc1)C(=O)NCCCn1ccnc1. The normalized spacial score (nSPS) is 12.3. The van der Waals surface area contributed by atoms with Gasteiger partial charge in [0.1, 0.15) is 11.8 Å². The van der Waals surface area contributed by atoms with Crippen LogP contribution in [0.3, 0.4) is 0 Å². The van der Waals surface area contributed by atoms with Crippen LogP contribution in [0.25, 0.3) is 0 Å². The smallest absolute Gasteiger partial charge is 0.255 e. The first-order chi connectivity index (χ1) is 17.4. The number of carbonyl (C=O) groups excluding carboxylic acids is 3. The first kappa shape index (κ1) is 26.5. The zero-order valence-electron chi connectivity index (χ0n) is 20.9. The molecule has 3 rings (SSSR count). The molecule has 3 aromatic rings. The molecule has 0 aliphatic rings. The van der Waals surface area contributed by atoms with Crippen molar-refractivity contribution in [1.29, 1.82) is 0 Å². The number of ether oxygens (including phenoxy) is 1. The number of aromatic nitrogens is 2. The highest BCUT2D eigenvalue weighted by atomic mass is 16.5. The molecule has 3 N–H and O–H groups in total. The minimum absolute atomic E-state index is 0.0800. The van der Waals surface area contributed by atoms with Crippen molar-refractivity contribution in [3.05, 3.63) is 78.4 Å². The fourth-order valence-electron chi connectivity index (χ4n) is 3.65. The molecule has 0 fully saturated rings. The van der Waals surface area contributed by atoms with Crippen LogP contribution in [0, 0.1) is 5.92 Å². The van der Waals surface area contributed by atoms with Crippen molar-refractivity contribution in [3.63, 3.8) is 0 Å². The summed E-state index contributed by atoms with van der Waals surface area (Å²) in [5.41, 5.74) is 1.07. The fourth-order valence-corrected chi connectivity index (χ4v) is 3.65. The lowest BCUT2D eigenvalue weighted by Crippen LogP contribution is -2.50. The minimum Gasteiger partial charge on any atom is -0.497 e. The van der Waals surface area contributed by atoms with Crippen molar-refractivity contribution >= 4 is 23.4 Å². The topological polar surface area (TPSA) is 114 Å². The largest absolute Gasteiger partial charge is 0.497 e. The highest BCUT2D eigenvalue weighted by Crippen LogP contribution is 2.19. The molecule has 0 spiro atoms. The number of aryl methyl sites for hydroxylation is 1. The second-order valence-corrected chi connectivity index (χ2v) is 8.51. The summed E-state index contributed by atoms with van der Waals surface area (Å²) in [5, 5.41) is 8.60. The Morgan fingerprint density at radius 3 is 2.47 bits per heavy atom. The molecule has 1 aromatic heterocycles. The molecule has 0 bridgehead atoms. The third-order valence-corrected chi connectivity index (χ3v) is 6.01. The third-order valence-electron chi connectivity index (χ3n) is 6.01. The predicted octanol–water partition coefficient (Wildman–Crippen LogP) is 3.50. The van der Waals surface area contributed by atoms with Gasteiger partial charge in [0.2, 0.25) is 5.91 Å². The van der Waals surface area contributed by atoms with Crippen LogP contribution in [0.5, 0.6) is 5.75 Å². The molecule has 9 nitrogen and oxygen atoms in total. The summed E-state index contributed by atoms with van der Waals surface area (Å²) in [5.74, 6) is -0.458. The average Bonchev–Trinajstić information content (AvgIpc) is 3.43. The summed E-state index contributed by atoms with van der Waals surface area (Å²) in [7, 11) is 1.55. The van der Waals surface area contributed by atoms with Crippen LogP contribution < -0.4 is 20.7 Å². The molecule has 190 valence electrons. The third kappa shape index (κ3) is 7.18. The molecule has 0 saturated heterocycles. The van der Waals surface area contributed by atoms with Crippen LogP contribution in [0.1, 0.15) is 47.4 Å². The lowest BCUT2D eigenvalue weighted by Gasteiger charge is -2.24. The number of para-hydroxylation sites is 1. The van der Waals surface area contributed by atoms with E-state index in [1.165, 1.54) is 0 Å². The monoisotopic (exact) mass is 491 g/mol. The lowest BCUT2D eigenvalue weighted by molar-refractivity contribution is -0.124. The summed E-state index contributed by atoms with van der Waals surface area (Å²) in [6.07, 6.45) is 6.76. The first-order valence-corrected chi connectivity index (χ1v) is 12.0. The van der Waals surface area contributed by atoms with E-state index in [1.54, 1.807) is 68.2 Å². The molecule has 9 heteroatoms. The average molecular weight is 492 g/mol. The summed E-state index contributed by atoms with van der Waals surface area (Å²) in [6.45, 7) is 5.11. The van der Waals surface area contributed by atoms with Crippen molar-refractivity contribution in [2.75, 3.05) is 19.0 Å². The molecular formula is C27H33N5O4. The van der Waals surface area contributed by atoms with Crippen LogP contribution in [0.2, 0.25) is 0 Å². The summed E-state index contributed by atoms with van der Waals surface area (Å²) in [4.78, 5) is 42.9. The van der Waals surface area contributed by atoms with E-state index >= 15 is 0 Å². The molecule has 3 amide bonds. The van der Waals surface area contributed by atoms with Crippen molar-refractivity contribution in [3.8, 4) is 5.75 Å². The molecular weight excluding hydrogens is 458 g/mol. The van der Waals surface area contributed by atoms with Crippen molar-refractivity contribution in [2.24, 2.45) is 5.92 Å². The van der Waals surface area contributed by atoms with Crippen LogP contribution in [-0.2, 0) is 11.3 Å². The number of hydrogen-bond acceptors (Lipinski definition) is 5. The zero-order valence-corrected chi connectivity index (χ0v) is 20.9. The maximum Gasteiger partial charge on any atom is 0.255 e. The predicted molar refractivity (Wildman–Crippen MR) is 138 cm³/mol. The molecule has 36 heavy (non-hydrogen) atoms. The second kappa shape index (κ2) is 13.1. The highest BCUT2D eigenvalue weighted by molar-refractivity contribution is 6.09. The Balaban J connectivity index is 1.65. The fraction of sp³-hybridized carbons (Fsp3) is 0.333. The van der Waals surface area contributed by atoms with E-state index in [2.05, 4.69) is 20.9 Å². The van der Waals surface area contributed by atoms with Gasteiger partial charge in [-0.15, -0.1) is 0 Å². The van der Waals surface area contributed by atoms with Crippen molar-refractivity contribution in [2.45, 2.75) is 39.3 Å². The quantitative estimate of drug-likeness (QED) is 0.336. The molecule has 2 atom stereocenters. The summed E-state index contributed by atoms with van der Waals surface area (Å²) in [6, 6.07) is 12.7. The van der Waals surface area contributed by atoms with Crippen LogP contribution in [0.4, 0.5) is 5.69 Å². The highest BCUT2D eigenvalue weighted by Gasteiger charge is 2.27. The Labute approximate surface area is 211 Å². The molecule has 0 saturated carbocycles. The number of imidazole rings is 1.